The van der Waals surface area contributed by atoms with Gasteiger partial charge in [-0.25, -0.2) is 9.59 Å². The highest BCUT2D eigenvalue weighted by Gasteiger charge is 2.44. The van der Waals surface area contributed by atoms with Crippen molar-refractivity contribution < 1.29 is 19.3 Å². The lowest BCUT2D eigenvalue weighted by Crippen LogP contribution is -2.47. The summed E-state index contributed by atoms with van der Waals surface area (Å²) in [5.74, 6) is -2.34. The maximum absolute atomic E-state index is 13.7. The van der Waals surface area contributed by atoms with Crippen LogP contribution in [0.3, 0.4) is 0 Å². The zero-order valence-corrected chi connectivity index (χ0v) is 28.3. The van der Waals surface area contributed by atoms with Crippen molar-refractivity contribution in [2.24, 2.45) is 0 Å². The Bertz CT molecular complexity index is 1600. The molecule has 0 aromatic heterocycles. The molecule has 4 aromatic rings. The molecule has 12 heteroatoms. The number of rotatable bonds is 12. The quantitative estimate of drug-likeness (QED) is 0.135. The normalized spacial score (nSPS) is 17.3. The van der Waals surface area contributed by atoms with Crippen LogP contribution in [0.2, 0.25) is 10.0 Å². The van der Waals surface area contributed by atoms with E-state index in [1.807, 2.05) is 96.9 Å². The van der Waals surface area contributed by atoms with Gasteiger partial charge in [0.25, 0.3) is 0 Å². The van der Waals surface area contributed by atoms with Crippen LogP contribution in [-0.2, 0) is 19.3 Å². The van der Waals surface area contributed by atoms with Gasteiger partial charge in [-0.15, -0.1) is 10.3 Å². The predicted octanol–water partition coefficient (Wildman–Crippen LogP) is 6.08. The lowest BCUT2D eigenvalue weighted by atomic mass is 9.98. The first-order valence-corrected chi connectivity index (χ1v) is 16.7. The van der Waals surface area contributed by atoms with Crippen LogP contribution in [0.25, 0.3) is 0 Å². The largest absolute Gasteiger partial charge is 0.445 e. The van der Waals surface area contributed by atoms with Gasteiger partial charge in [0.2, 0.25) is 0 Å². The van der Waals surface area contributed by atoms with Crippen LogP contribution in [0.1, 0.15) is 47.2 Å². The van der Waals surface area contributed by atoms with Gasteiger partial charge in [-0.05, 0) is 87.6 Å². The SMILES string of the molecule is CNCCCN1C(c2ccccc2)c2cc(Cl)ccc2N1OC(=O)C(=O)ON1c2ccc(Cl)cc2C(c2ccccc2)N1CCCNC. The van der Waals surface area contributed by atoms with E-state index < -0.39 is 11.9 Å². The molecule has 2 N–H and O–H groups in total. The van der Waals surface area contributed by atoms with Crippen LogP contribution in [0.15, 0.2) is 97.1 Å². The molecule has 0 saturated carbocycles. The molecule has 0 aliphatic carbocycles. The molecule has 250 valence electrons. The topological polar surface area (TPSA) is 89.6 Å². The Kier molecular flexibility index (Phi) is 10.8. The Balaban J connectivity index is 1.30. The molecule has 0 bridgehead atoms. The van der Waals surface area contributed by atoms with E-state index in [1.165, 1.54) is 10.3 Å². The van der Waals surface area contributed by atoms with Gasteiger partial charge in [-0.1, -0.05) is 83.9 Å². The monoisotopic (exact) mass is 688 g/mol. The van der Waals surface area contributed by atoms with Gasteiger partial charge in [0.1, 0.15) is 0 Å². The molecule has 2 aliphatic heterocycles. The minimum Gasteiger partial charge on any atom is -0.320 e. The third kappa shape index (κ3) is 7.00. The molecule has 6 rings (SSSR count). The average molecular weight is 690 g/mol. The molecule has 0 saturated heterocycles. The van der Waals surface area contributed by atoms with Gasteiger partial charge in [0, 0.05) is 34.3 Å². The number of carbonyl (C=O) groups excluding carboxylic acids is 2. The molecule has 2 unspecified atom stereocenters. The van der Waals surface area contributed by atoms with Crippen molar-refractivity contribution in [2.75, 3.05) is 50.6 Å². The fourth-order valence-corrected chi connectivity index (χ4v) is 6.69. The van der Waals surface area contributed by atoms with E-state index in [4.69, 9.17) is 32.9 Å². The van der Waals surface area contributed by atoms with Crippen molar-refractivity contribution in [3.05, 3.63) is 129 Å². The van der Waals surface area contributed by atoms with Crippen LogP contribution in [-0.4, -0.2) is 62.2 Å². The first-order chi connectivity index (χ1) is 23.4. The molecular weight excluding hydrogens is 651 g/mol. The molecule has 48 heavy (non-hydrogen) atoms. The number of fused-ring (bicyclic) bond motifs is 2. The molecule has 2 atom stereocenters. The number of halogens is 2. The number of nitrogens with one attached hydrogen (secondary N) is 2. The third-order valence-corrected chi connectivity index (χ3v) is 8.88. The fourth-order valence-electron chi connectivity index (χ4n) is 6.33. The maximum Gasteiger partial charge on any atom is 0.445 e. The van der Waals surface area contributed by atoms with E-state index in [0.717, 1.165) is 48.2 Å². The van der Waals surface area contributed by atoms with Crippen LogP contribution in [0.5, 0.6) is 0 Å². The lowest BCUT2D eigenvalue weighted by Gasteiger charge is -2.33. The summed E-state index contributed by atoms with van der Waals surface area (Å²) < 4.78 is 0. The summed E-state index contributed by atoms with van der Waals surface area (Å²) in [5, 5.41) is 14.1. The number of nitrogens with zero attached hydrogens (tertiary/aromatic N) is 4. The summed E-state index contributed by atoms with van der Waals surface area (Å²) in [5.41, 5.74) is 4.90. The Morgan fingerprint density at radius 3 is 1.40 bits per heavy atom. The van der Waals surface area contributed by atoms with Gasteiger partial charge >= 0.3 is 11.9 Å². The average Bonchev–Trinajstić information content (AvgIpc) is 3.56. The van der Waals surface area contributed by atoms with E-state index in [2.05, 4.69) is 10.6 Å². The molecule has 0 fully saturated rings. The fraction of sp³-hybridized carbons (Fsp3) is 0.278. The summed E-state index contributed by atoms with van der Waals surface area (Å²) in [6, 6.07) is 30.0. The molecule has 4 aromatic carbocycles. The predicted molar refractivity (Wildman–Crippen MR) is 187 cm³/mol. The smallest absolute Gasteiger partial charge is 0.320 e. The standard InChI is InChI=1S/C36H38Cl2N6O4/c1-39-19-9-21-41-33(25-11-5-3-6-12-25)29-23-27(37)15-17-31(29)43(41)47-35(45)36(46)48-44-32-18-16-28(38)24-30(32)34(26-13-7-4-8-14-26)42(44)22-10-20-40-2/h3-8,11-18,23-24,33-34,39-40H,9-10,19-22H2,1-2H3. The molecular formula is C36H38Cl2N6O4. The van der Waals surface area contributed by atoms with Crippen molar-refractivity contribution in [3.8, 4) is 0 Å². The Morgan fingerprint density at radius 1 is 0.625 bits per heavy atom. The van der Waals surface area contributed by atoms with Crippen molar-refractivity contribution in [1.82, 2.24) is 20.7 Å². The Labute approximate surface area is 290 Å². The van der Waals surface area contributed by atoms with Crippen molar-refractivity contribution in [2.45, 2.75) is 24.9 Å². The van der Waals surface area contributed by atoms with Crippen molar-refractivity contribution in [3.63, 3.8) is 0 Å². The Morgan fingerprint density at radius 2 is 1.02 bits per heavy atom. The molecule has 2 heterocycles. The van der Waals surface area contributed by atoms with Crippen LogP contribution >= 0.6 is 23.2 Å². The highest BCUT2D eigenvalue weighted by Crippen LogP contribution is 2.46. The highest BCUT2D eigenvalue weighted by molar-refractivity contribution is 6.31. The first kappa shape index (κ1) is 33.7. The molecule has 0 amide bonds. The zero-order valence-electron chi connectivity index (χ0n) is 26.8. The van der Waals surface area contributed by atoms with E-state index in [9.17, 15) is 9.59 Å². The number of hydrogen-bond acceptors (Lipinski definition) is 10. The number of hydrazine groups is 2. The van der Waals surface area contributed by atoms with Crippen molar-refractivity contribution in [1.29, 1.82) is 0 Å². The minimum absolute atomic E-state index is 0.301. The third-order valence-electron chi connectivity index (χ3n) is 8.41. The van der Waals surface area contributed by atoms with Gasteiger partial charge in [-0.2, -0.15) is 10.0 Å². The minimum atomic E-state index is -1.17. The highest BCUT2D eigenvalue weighted by atomic mass is 35.5. The van der Waals surface area contributed by atoms with Gasteiger partial charge < -0.3 is 20.3 Å². The summed E-state index contributed by atoms with van der Waals surface area (Å²) in [4.78, 5) is 39.2. The van der Waals surface area contributed by atoms with Crippen LogP contribution < -0.4 is 21.0 Å². The summed E-state index contributed by atoms with van der Waals surface area (Å²) in [6.45, 7) is 2.52. The number of benzene rings is 4. The molecule has 10 nitrogen and oxygen atoms in total. The zero-order chi connectivity index (χ0) is 33.6. The van der Waals surface area contributed by atoms with E-state index in [-0.39, 0.29) is 12.1 Å². The lowest BCUT2D eigenvalue weighted by molar-refractivity contribution is -0.177. The first-order valence-electron chi connectivity index (χ1n) is 16.0. The summed E-state index contributed by atoms with van der Waals surface area (Å²) in [6.07, 6.45) is 1.49. The second kappa shape index (κ2) is 15.4. The molecule has 0 spiro atoms. The number of anilines is 2. The second-order valence-corrected chi connectivity index (χ2v) is 12.4. The van der Waals surface area contributed by atoms with Crippen LogP contribution in [0.4, 0.5) is 11.4 Å². The summed E-state index contributed by atoms with van der Waals surface area (Å²) in [7, 11) is 3.77. The molecule has 2 aliphatic rings. The van der Waals surface area contributed by atoms with Crippen molar-refractivity contribution >= 4 is 46.5 Å². The number of hydrogen-bond donors (Lipinski definition) is 2. The van der Waals surface area contributed by atoms with E-state index in [0.29, 0.717) is 34.5 Å². The molecule has 0 radical (unpaired) electrons. The van der Waals surface area contributed by atoms with E-state index in [1.54, 1.807) is 24.3 Å². The second-order valence-electron chi connectivity index (χ2n) is 11.6. The maximum atomic E-state index is 13.7. The van der Waals surface area contributed by atoms with Crippen LogP contribution in [0, 0.1) is 0 Å². The summed E-state index contributed by atoms with van der Waals surface area (Å²) >= 11 is 12.9. The van der Waals surface area contributed by atoms with Gasteiger partial charge in [-0.3, -0.25) is 0 Å². The number of carbonyl (C=O) groups is 2. The van der Waals surface area contributed by atoms with Gasteiger partial charge in [0.15, 0.2) is 0 Å². The Hall–Kier alpha value is -4.16. The van der Waals surface area contributed by atoms with Gasteiger partial charge in [0.05, 0.1) is 23.5 Å². The van der Waals surface area contributed by atoms with E-state index >= 15 is 0 Å².